The summed E-state index contributed by atoms with van der Waals surface area (Å²) in [6.07, 6.45) is 1.05. The van der Waals surface area contributed by atoms with E-state index < -0.39 is 17.7 Å². The van der Waals surface area contributed by atoms with Crippen LogP contribution in [0.25, 0.3) is 0 Å². The van der Waals surface area contributed by atoms with E-state index in [4.69, 9.17) is 0 Å². The van der Waals surface area contributed by atoms with Gasteiger partial charge < -0.3 is 10.6 Å². The zero-order valence-electron chi connectivity index (χ0n) is 11.8. The van der Waals surface area contributed by atoms with Crippen LogP contribution in [-0.2, 0) is 20.9 Å². The molecule has 1 aromatic carbocycles. The van der Waals surface area contributed by atoms with Crippen molar-refractivity contribution < 1.29 is 14.4 Å². The molecule has 2 N–H and O–H groups in total. The van der Waals surface area contributed by atoms with Gasteiger partial charge in [-0.1, -0.05) is 37.3 Å². The van der Waals surface area contributed by atoms with E-state index in [2.05, 4.69) is 10.6 Å². The van der Waals surface area contributed by atoms with Gasteiger partial charge in [0.1, 0.15) is 0 Å². The molecule has 0 bridgehead atoms. The summed E-state index contributed by atoms with van der Waals surface area (Å²) in [5.41, 5.74) is 0.913. The summed E-state index contributed by atoms with van der Waals surface area (Å²) < 4.78 is 0. The second-order valence-electron chi connectivity index (χ2n) is 4.57. The van der Waals surface area contributed by atoms with Crippen LogP contribution in [0.2, 0.25) is 0 Å². The maximum Gasteiger partial charge on any atom is 0.289 e. The molecule has 20 heavy (non-hydrogen) atoms. The number of carbonyl (C=O) groups excluding carboxylic acids is 3. The van der Waals surface area contributed by atoms with E-state index in [-0.39, 0.29) is 5.91 Å². The van der Waals surface area contributed by atoms with Crippen LogP contribution in [0.5, 0.6) is 0 Å². The minimum atomic E-state index is -0.801. The number of ketones is 1. The molecule has 1 atom stereocenters. The molecular formula is C15H20N2O3. The van der Waals surface area contributed by atoms with Crippen molar-refractivity contribution in [1.29, 1.82) is 0 Å². The fourth-order valence-corrected chi connectivity index (χ4v) is 1.67. The van der Waals surface area contributed by atoms with Crippen LogP contribution in [-0.4, -0.2) is 23.6 Å². The number of hydrogen-bond donors (Lipinski definition) is 2. The first-order valence-electron chi connectivity index (χ1n) is 6.70. The largest absolute Gasteiger partial charge is 0.346 e. The molecule has 5 heteroatoms. The molecule has 0 aliphatic heterocycles. The molecule has 108 valence electrons. The standard InChI is InChI=1S/C15H20N2O3/c1-3-7-13(18)17-11(2)14(19)15(20)16-10-12-8-5-4-6-9-12/h4-6,8-9,11H,3,7,10H2,1-2H3,(H,16,20)(H,17,18)/t11-/m0/s1. The lowest BCUT2D eigenvalue weighted by Gasteiger charge is -2.12. The summed E-state index contributed by atoms with van der Waals surface area (Å²) in [7, 11) is 0. The fourth-order valence-electron chi connectivity index (χ4n) is 1.67. The van der Waals surface area contributed by atoms with Crippen LogP contribution >= 0.6 is 0 Å². The summed E-state index contributed by atoms with van der Waals surface area (Å²) in [5, 5.41) is 5.06. The lowest BCUT2D eigenvalue weighted by Crippen LogP contribution is -2.45. The van der Waals surface area contributed by atoms with Gasteiger partial charge in [-0.05, 0) is 18.9 Å². The molecule has 1 rings (SSSR count). The van der Waals surface area contributed by atoms with Gasteiger partial charge in [-0.3, -0.25) is 14.4 Å². The molecule has 0 heterocycles. The van der Waals surface area contributed by atoms with Crippen molar-refractivity contribution in [2.75, 3.05) is 0 Å². The van der Waals surface area contributed by atoms with E-state index in [0.717, 1.165) is 5.56 Å². The summed E-state index contributed by atoms with van der Waals surface area (Å²) in [6, 6.07) is 8.51. The van der Waals surface area contributed by atoms with Crippen molar-refractivity contribution in [2.45, 2.75) is 39.3 Å². The zero-order valence-corrected chi connectivity index (χ0v) is 11.8. The number of amides is 2. The molecule has 2 amide bonds. The molecule has 0 saturated heterocycles. The highest BCUT2D eigenvalue weighted by Gasteiger charge is 2.22. The first kappa shape index (κ1) is 15.9. The van der Waals surface area contributed by atoms with Crippen molar-refractivity contribution in [1.82, 2.24) is 10.6 Å². The average molecular weight is 276 g/mol. The molecule has 0 spiro atoms. The predicted molar refractivity (Wildman–Crippen MR) is 75.8 cm³/mol. The minimum Gasteiger partial charge on any atom is -0.346 e. The molecule has 0 aliphatic carbocycles. The summed E-state index contributed by atoms with van der Waals surface area (Å²) in [6.45, 7) is 3.68. The monoisotopic (exact) mass is 276 g/mol. The maximum absolute atomic E-state index is 11.8. The highest BCUT2D eigenvalue weighted by Crippen LogP contribution is 1.98. The first-order valence-corrected chi connectivity index (χ1v) is 6.70. The van der Waals surface area contributed by atoms with Crippen LogP contribution in [0, 0.1) is 0 Å². The molecule has 1 aromatic rings. The average Bonchev–Trinajstić information content (AvgIpc) is 2.45. The Kier molecular flexibility index (Phi) is 6.43. The van der Waals surface area contributed by atoms with Crippen molar-refractivity contribution in [2.24, 2.45) is 0 Å². The van der Waals surface area contributed by atoms with Crippen LogP contribution in [0.1, 0.15) is 32.3 Å². The molecule has 0 aliphatic rings. The van der Waals surface area contributed by atoms with Gasteiger partial charge in [0, 0.05) is 13.0 Å². The van der Waals surface area contributed by atoms with Gasteiger partial charge >= 0.3 is 0 Å². The topological polar surface area (TPSA) is 75.3 Å². The van der Waals surface area contributed by atoms with E-state index in [9.17, 15) is 14.4 Å². The maximum atomic E-state index is 11.8. The number of Topliss-reactive ketones (excluding diaryl/α,β-unsaturated/α-hetero) is 1. The summed E-state index contributed by atoms with van der Waals surface area (Å²) in [4.78, 5) is 34.8. The molecule has 0 radical (unpaired) electrons. The zero-order chi connectivity index (χ0) is 15.0. The van der Waals surface area contributed by atoms with Gasteiger partial charge in [-0.2, -0.15) is 0 Å². The third-order valence-electron chi connectivity index (χ3n) is 2.77. The second kappa shape index (κ2) is 8.09. The Balaban J connectivity index is 2.42. The smallest absolute Gasteiger partial charge is 0.289 e. The second-order valence-corrected chi connectivity index (χ2v) is 4.57. The highest BCUT2D eigenvalue weighted by molar-refractivity contribution is 6.38. The van der Waals surface area contributed by atoms with E-state index in [1.54, 1.807) is 0 Å². The summed E-state index contributed by atoms with van der Waals surface area (Å²) >= 11 is 0. The molecule has 0 saturated carbocycles. The minimum absolute atomic E-state index is 0.218. The van der Waals surface area contributed by atoms with Gasteiger partial charge in [0.25, 0.3) is 5.91 Å². The lowest BCUT2D eigenvalue weighted by molar-refractivity contribution is -0.139. The van der Waals surface area contributed by atoms with Gasteiger partial charge in [-0.15, -0.1) is 0 Å². The Morgan fingerprint density at radius 1 is 1.15 bits per heavy atom. The Morgan fingerprint density at radius 3 is 2.40 bits per heavy atom. The third kappa shape index (κ3) is 5.22. The Morgan fingerprint density at radius 2 is 1.80 bits per heavy atom. The van der Waals surface area contributed by atoms with Crippen LogP contribution in [0.3, 0.4) is 0 Å². The molecule has 0 unspecified atom stereocenters. The van der Waals surface area contributed by atoms with E-state index in [0.29, 0.717) is 19.4 Å². The summed E-state index contributed by atoms with van der Waals surface area (Å²) in [5.74, 6) is -1.53. The third-order valence-corrected chi connectivity index (χ3v) is 2.77. The lowest BCUT2D eigenvalue weighted by atomic mass is 10.1. The van der Waals surface area contributed by atoms with Crippen molar-refractivity contribution in [3.63, 3.8) is 0 Å². The molecule has 5 nitrogen and oxygen atoms in total. The van der Waals surface area contributed by atoms with Crippen LogP contribution in [0.4, 0.5) is 0 Å². The fraction of sp³-hybridized carbons (Fsp3) is 0.400. The predicted octanol–water partition coefficient (Wildman–Crippen LogP) is 1.18. The molecule has 0 aromatic heterocycles. The van der Waals surface area contributed by atoms with Gasteiger partial charge in [0.15, 0.2) is 0 Å². The number of benzene rings is 1. The van der Waals surface area contributed by atoms with E-state index >= 15 is 0 Å². The molecular weight excluding hydrogens is 256 g/mol. The Bertz CT molecular complexity index is 471. The first-order chi connectivity index (χ1) is 9.54. The van der Waals surface area contributed by atoms with Gasteiger partial charge in [-0.25, -0.2) is 0 Å². The van der Waals surface area contributed by atoms with Crippen LogP contribution < -0.4 is 10.6 Å². The quantitative estimate of drug-likeness (QED) is 0.734. The normalized spacial score (nSPS) is 11.5. The van der Waals surface area contributed by atoms with E-state index in [1.165, 1.54) is 6.92 Å². The number of hydrogen-bond acceptors (Lipinski definition) is 3. The Labute approximate surface area is 118 Å². The number of rotatable bonds is 7. The SMILES string of the molecule is CCCC(=O)N[C@@H](C)C(=O)C(=O)NCc1ccccc1. The highest BCUT2D eigenvalue weighted by atomic mass is 16.2. The number of carbonyl (C=O) groups is 3. The Hall–Kier alpha value is -2.17. The van der Waals surface area contributed by atoms with E-state index in [1.807, 2.05) is 37.3 Å². The van der Waals surface area contributed by atoms with Crippen molar-refractivity contribution >= 4 is 17.6 Å². The van der Waals surface area contributed by atoms with Crippen molar-refractivity contribution in [3.05, 3.63) is 35.9 Å². The van der Waals surface area contributed by atoms with Gasteiger partial charge in [0.2, 0.25) is 11.7 Å². The number of nitrogens with one attached hydrogen (secondary N) is 2. The molecule has 0 fully saturated rings. The van der Waals surface area contributed by atoms with Crippen LogP contribution in [0.15, 0.2) is 30.3 Å². The van der Waals surface area contributed by atoms with Crippen molar-refractivity contribution in [3.8, 4) is 0 Å². The van der Waals surface area contributed by atoms with Gasteiger partial charge in [0.05, 0.1) is 6.04 Å².